The number of rotatable bonds is 7. The first-order valence-electron chi connectivity index (χ1n) is 9.06. The van der Waals surface area contributed by atoms with Crippen LogP contribution in [0.5, 0.6) is 5.75 Å². The monoisotopic (exact) mass is 340 g/mol. The first kappa shape index (κ1) is 16.2. The van der Waals surface area contributed by atoms with Crippen LogP contribution in [-0.4, -0.2) is 17.1 Å². The second kappa shape index (κ2) is 6.54. The van der Waals surface area contributed by atoms with Gasteiger partial charge < -0.3 is 14.6 Å². The highest BCUT2D eigenvalue weighted by atomic mass is 16.5. The van der Waals surface area contributed by atoms with Gasteiger partial charge in [0.15, 0.2) is 11.5 Å². The van der Waals surface area contributed by atoms with Gasteiger partial charge in [0.1, 0.15) is 12.4 Å². The van der Waals surface area contributed by atoms with Gasteiger partial charge in [-0.2, -0.15) is 0 Å². The number of nitrogens with zero attached hydrogens (tertiary/aromatic N) is 1. The van der Waals surface area contributed by atoms with Crippen LogP contribution in [0.4, 0.5) is 0 Å². The molecule has 1 aromatic carbocycles. The van der Waals surface area contributed by atoms with E-state index in [1.807, 2.05) is 18.2 Å². The second-order valence-corrected chi connectivity index (χ2v) is 7.39. The molecular weight excluding hydrogens is 316 g/mol. The van der Waals surface area contributed by atoms with Gasteiger partial charge in [0.05, 0.1) is 0 Å². The maximum absolute atomic E-state index is 12.4. The average molecular weight is 340 g/mol. The van der Waals surface area contributed by atoms with Crippen LogP contribution < -0.4 is 10.1 Å². The minimum atomic E-state index is -0.134. The summed E-state index contributed by atoms with van der Waals surface area (Å²) in [6.07, 6.45) is 4.93. The SMILES string of the molecule is Cc1ccc(OCc2cc(C(=O)NC(C3CC3)C3CC3)no2)cc1C. The van der Waals surface area contributed by atoms with Crippen molar-refractivity contribution >= 4 is 5.91 Å². The van der Waals surface area contributed by atoms with Gasteiger partial charge in [-0.1, -0.05) is 11.2 Å². The maximum Gasteiger partial charge on any atom is 0.273 e. The van der Waals surface area contributed by atoms with Crippen molar-refractivity contribution in [2.24, 2.45) is 11.8 Å². The lowest BCUT2D eigenvalue weighted by Gasteiger charge is -2.16. The zero-order valence-electron chi connectivity index (χ0n) is 14.7. The van der Waals surface area contributed by atoms with Gasteiger partial charge in [0, 0.05) is 12.1 Å². The molecule has 5 nitrogen and oxygen atoms in total. The topological polar surface area (TPSA) is 64.4 Å². The lowest BCUT2D eigenvalue weighted by Crippen LogP contribution is -2.38. The Morgan fingerprint density at radius 2 is 1.92 bits per heavy atom. The molecule has 1 heterocycles. The molecule has 1 N–H and O–H groups in total. The highest BCUT2D eigenvalue weighted by Crippen LogP contribution is 2.44. The standard InChI is InChI=1S/C20H24N2O3/c1-12-3-8-16(9-13(12)2)24-11-17-10-18(22-25-17)20(23)21-19(14-4-5-14)15-6-7-15/h3,8-10,14-15,19H,4-7,11H2,1-2H3,(H,21,23). The highest BCUT2D eigenvalue weighted by molar-refractivity contribution is 5.92. The van der Waals surface area contributed by atoms with Crippen LogP contribution >= 0.6 is 0 Å². The Labute approximate surface area is 147 Å². The number of ether oxygens (including phenoxy) is 1. The van der Waals surface area contributed by atoms with Crippen LogP contribution in [0.15, 0.2) is 28.8 Å². The van der Waals surface area contributed by atoms with Crippen LogP contribution in [-0.2, 0) is 6.61 Å². The molecule has 25 heavy (non-hydrogen) atoms. The molecule has 0 saturated heterocycles. The Morgan fingerprint density at radius 1 is 1.20 bits per heavy atom. The molecule has 132 valence electrons. The van der Waals surface area contributed by atoms with Gasteiger partial charge in [0.25, 0.3) is 5.91 Å². The number of amides is 1. The van der Waals surface area contributed by atoms with Gasteiger partial charge in [-0.3, -0.25) is 4.79 Å². The molecule has 2 fully saturated rings. The van der Waals surface area contributed by atoms with Crippen LogP contribution in [0, 0.1) is 25.7 Å². The van der Waals surface area contributed by atoms with Gasteiger partial charge in [-0.25, -0.2) is 0 Å². The van der Waals surface area contributed by atoms with E-state index in [0.717, 1.165) is 5.75 Å². The van der Waals surface area contributed by atoms with Crippen LogP contribution in [0.1, 0.15) is 53.1 Å². The first-order valence-corrected chi connectivity index (χ1v) is 9.06. The van der Waals surface area contributed by atoms with Crippen molar-refractivity contribution in [2.75, 3.05) is 0 Å². The summed E-state index contributed by atoms with van der Waals surface area (Å²) >= 11 is 0. The van der Waals surface area contributed by atoms with Gasteiger partial charge in [-0.05, 0) is 74.6 Å². The number of aromatic nitrogens is 1. The van der Waals surface area contributed by atoms with E-state index in [-0.39, 0.29) is 12.5 Å². The Bertz CT molecular complexity index is 763. The smallest absolute Gasteiger partial charge is 0.273 e. The summed E-state index contributed by atoms with van der Waals surface area (Å²) in [7, 11) is 0. The number of hydrogen-bond donors (Lipinski definition) is 1. The zero-order chi connectivity index (χ0) is 17.4. The third-order valence-corrected chi connectivity index (χ3v) is 5.21. The summed E-state index contributed by atoms with van der Waals surface area (Å²) < 4.78 is 11.0. The number of carbonyl (C=O) groups is 1. The Morgan fingerprint density at radius 3 is 2.56 bits per heavy atom. The predicted molar refractivity (Wildman–Crippen MR) is 93.5 cm³/mol. The fraction of sp³-hybridized carbons (Fsp3) is 0.500. The normalized spacial score (nSPS) is 16.9. The summed E-state index contributed by atoms with van der Waals surface area (Å²) in [5, 5.41) is 7.06. The molecule has 1 amide bonds. The molecule has 0 spiro atoms. The Hall–Kier alpha value is -2.30. The van der Waals surface area contributed by atoms with Gasteiger partial charge >= 0.3 is 0 Å². The summed E-state index contributed by atoms with van der Waals surface area (Å²) in [5.41, 5.74) is 2.75. The lowest BCUT2D eigenvalue weighted by atomic mass is 10.1. The molecule has 2 aliphatic carbocycles. The van der Waals surface area contributed by atoms with Crippen molar-refractivity contribution in [3.63, 3.8) is 0 Å². The number of hydrogen-bond acceptors (Lipinski definition) is 4. The molecule has 0 aliphatic heterocycles. The quantitative estimate of drug-likeness (QED) is 0.833. The van der Waals surface area contributed by atoms with Crippen molar-refractivity contribution in [1.29, 1.82) is 0 Å². The number of carbonyl (C=O) groups excluding carboxylic acids is 1. The van der Waals surface area contributed by atoms with E-state index in [0.29, 0.717) is 29.3 Å². The molecule has 2 aliphatic rings. The highest BCUT2D eigenvalue weighted by Gasteiger charge is 2.42. The third kappa shape index (κ3) is 3.86. The maximum atomic E-state index is 12.4. The summed E-state index contributed by atoms with van der Waals surface area (Å²) in [4.78, 5) is 12.4. The van der Waals surface area contributed by atoms with E-state index in [9.17, 15) is 4.79 Å². The molecule has 0 bridgehead atoms. The fourth-order valence-corrected chi connectivity index (χ4v) is 3.20. The van der Waals surface area contributed by atoms with Crippen LogP contribution in [0.2, 0.25) is 0 Å². The Balaban J connectivity index is 1.34. The van der Waals surface area contributed by atoms with Gasteiger partial charge in [-0.15, -0.1) is 0 Å². The molecule has 5 heteroatoms. The molecule has 2 aromatic rings. The summed E-state index contributed by atoms with van der Waals surface area (Å²) in [5.74, 6) is 2.53. The minimum absolute atomic E-state index is 0.134. The molecule has 4 rings (SSSR count). The van der Waals surface area contributed by atoms with E-state index >= 15 is 0 Å². The minimum Gasteiger partial charge on any atom is -0.486 e. The second-order valence-electron chi connectivity index (χ2n) is 7.39. The van der Waals surface area contributed by atoms with Crippen molar-refractivity contribution in [3.8, 4) is 5.75 Å². The van der Waals surface area contributed by atoms with Crippen molar-refractivity contribution in [3.05, 3.63) is 46.8 Å². The average Bonchev–Trinajstić information content (AvgIpc) is 3.52. The Kier molecular flexibility index (Phi) is 4.24. The summed E-state index contributed by atoms with van der Waals surface area (Å²) in [6, 6.07) is 7.95. The zero-order valence-corrected chi connectivity index (χ0v) is 14.7. The summed E-state index contributed by atoms with van der Waals surface area (Å²) in [6.45, 7) is 4.38. The predicted octanol–water partition coefficient (Wildman–Crippen LogP) is 3.79. The molecule has 2 saturated carbocycles. The van der Waals surface area contributed by atoms with Crippen molar-refractivity contribution < 1.29 is 14.1 Å². The number of aryl methyl sites for hydroxylation is 2. The molecule has 0 unspecified atom stereocenters. The van der Waals surface area contributed by atoms with Crippen molar-refractivity contribution in [1.82, 2.24) is 10.5 Å². The van der Waals surface area contributed by atoms with Crippen LogP contribution in [0.3, 0.4) is 0 Å². The van der Waals surface area contributed by atoms with Gasteiger partial charge in [0.2, 0.25) is 0 Å². The van der Waals surface area contributed by atoms with Crippen molar-refractivity contribution in [2.45, 2.75) is 52.2 Å². The molecule has 0 atom stereocenters. The fourth-order valence-electron chi connectivity index (χ4n) is 3.20. The van der Waals surface area contributed by atoms with E-state index in [2.05, 4.69) is 24.3 Å². The largest absolute Gasteiger partial charge is 0.486 e. The lowest BCUT2D eigenvalue weighted by molar-refractivity contribution is 0.0916. The number of benzene rings is 1. The third-order valence-electron chi connectivity index (χ3n) is 5.21. The molecule has 1 aromatic heterocycles. The number of nitrogens with one attached hydrogen (secondary N) is 1. The first-order chi connectivity index (χ1) is 12.1. The molecule has 0 radical (unpaired) electrons. The van der Waals surface area contributed by atoms with E-state index < -0.39 is 0 Å². The van der Waals surface area contributed by atoms with E-state index in [1.54, 1.807) is 6.07 Å². The molecular formula is C20H24N2O3. The van der Waals surface area contributed by atoms with E-state index in [1.165, 1.54) is 36.8 Å². The van der Waals surface area contributed by atoms with E-state index in [4.69, 9.17) is 9.26 Å². The van der Waals surface area contributed by atoms with Crippen LogP contribution in [0.25, 0.3) is 0 Å².